The maximum absolute atomic E-state index is 10.7. The van der Waals surface area contributed by atoms with Crippen LogP contribution in [0.15, 0.2) is 0 Å². The van der Waals surface area contributed by atoms with Crippen LogP contribution >= 0.6 is 0 Å². The van der Waals surface area contributed by atoms with Gasteiger partial charge in [0.05, 0.1) is 77.2 Å². The van der Waals surface area contributed by atoms with Crippen molar-refractivity contribution in [3.8, 4) is 0 Å². The molecule has 30 heavy (non-hydrogen) atoms. The minimum Gasteiger partial charge on any atom is -0.481 e. The molecule has 0 saturated heterocycles. The monoisotopic (exact) mass is 441 g/mol. The van der Waals surface area contributed by atoms with Crippen LogP contribution in [0.1, 0.15) is 19.3 Å². The molecule has 176 valence electrons. The van der Waals surface area contributed by atoms with E-state index in [1.165, 1.54) is 0 Å². The van der Waals surface area contributed by atoms with Gasteiger partial charge in [0.25, 0.3) is 0 Å². The van der Waals surface area contributed by atoms with Crippen molar-refractivity contribution in [2.45, 2.75) is 37.0 Å². The first-order valence-electron chi connectivity index (χ1n) is 9.22. The van der Waals surface area contributed by atoms with Crippen LogP contribution in [0.5, 0.6) is 0 Å². The van der Waals surface area contributed by atoms with Gasteiger partial charge in [-0.1, -0.05) is 0 Å². The molecule has 2 atom stereocenters. The van der Waals surface area contributed by atoms with Crippen molar-refractivity contribution in [2.24, 2.45) is 0 Å². The lowest BCUT2D eigenvalue weighted by atomic mass is 10.0. The molecular weight excluding hydrogens is 410 g/mol. The highest BCUT2D eigenvalue weighted by Gasteiger charge is 2.33. The third-order valence-corrected chi connectivity index (χ3v) is 3.83. The lowest BCUT2D eigenvalue weighted by Gasteiger charge is -2.35. The normalized spacial score (nSPS) is 13.7. The molecule has 0 amide bonds. The van der Waals surface area contributed by atoms with Crippen LogP contribution in [-0.2, 0) is 28.6 Å². The highest BCUT2D eigenvalue weighted by atomic mass is 16.5. The molecule has 0 aliphatic carbocycles. The summed E-state index contributed by atoms with van der Waals surface area (Å²) in [5.41, 5.74) is -1.22. The number of ether oxygens (including phenoxy) is 3. The van der Waals surface area contributed by atoms with E-state index >= 15 is 0 Å². The summed E-state index contributed by atoms with van der Waals surface area (Å²) in [7, 11) is 0. The van der Waals surface area contributed by atoms with Gasteiger partial charge < -0.3 is 50.2 Å². The van der Waals surface area contributed by atoms with E-state index in [9.17, 15) is 24.6 Å². The molecule has 0 rings (SSSR count). The van der Waals surface area contributed by atoms with Gasteiger partial charge in [-0.05, 0) is 0 Å². The van der Waals surface area contributed by atoms with Crippen molar-refractivity contribution in [3.05, 3.63) is 0 Å². The Hall–Kier alpha value is -1.87. The highest BCUT2D eigenvalue weighted by Crippen LogP contribution is 2.11. The van der Waals surface area contributed by atoms with Gasteiger partial charge in [0.15, 0.2) is 0 Å². The van der Waals surface area contributed by atoms with E-state index in [2.05, 4.69) is 5.32 Å². The Bertz CT molecular complexity index is 460. The lowest BCUT2D eigenvalue weighted by Crippen LogP contribution is -2.59. The zero-order chi connectivity index (χ0) is 23.0. The van der Waals surface area contributed by atoms with Crippen molar-refractivity contribution in [2.75, 3.05) is 52.8 Å². The summed E-state index contributed by atoms with van der Waals surface area (Å²) < 4.78 is 16.1. The molecule has 13 heteroatoms. The Morgan fingerprint density at radius 3 is 1.40 bits per heavy atom. The first-order chi connectivity index (χ1) is 14.1. The minimum absolute atomic E-state index is 0.148. The Kier molecular flexibility index (Phi) is 14.9. The molecule has 0 fully saturated rings. The smallest absolute Gasteiger partial charge is 0.305 e. The second-order valence-electron chi connectivity index (χ2n) is 6.57. The Morgan fingerprint density at radius 1 is 0.733 bits per heavy atom. The fourth-order valence-electron chi connectivity index (χ4n) is 2.14. The van der Waals surface area contributed by atoms with Crippen LogP contribution in [0.2, 0.25) is 0 Å². The van der Waals surface area contributed by atoms with Gasteiger partial charge in [0.1, 0.15) is 6.10 Å². The van der Waals surface area contributed by atoms with Crippen LogP contribution in [0.4, 0.5) is 0 Å². The maximum Gasteiger partial charge on any atom is 0.305 e. The first kappa shape index (κ1) is 28.1. The molecule has 0 aliphatic rings. The van der Waals surface area contributed by atoms with Crippen molar-refractivity contribution in [1.29, 1.82) is 0 Å². The van der Waals surface area contributed by atoms with Crippen LogP contribution in [0, 0.1) is 0 Å². The van der Waals surface area contributed by atoms with E-state index in [0.717, 1.165) is 0 Å². The second-order valence-corrected chi connectivity index (χ2v) is 6.57. The number of β-amino-alcohol motifs (C(OH)–C–C–N with tert-alkyl or cyclic N) is 1. The van der Waals surface area contributed by atoms with E-state index in [1.807, 2.05) is 0 Å². The first-order valence-corrected chi connectivity index (χ1v) is 9.22. The number of carboxylic acid groups (broad SMARTS) is 3. The van der Waals surface area contributed by atoms with Crippen LogP contribution in [0.25, 0.3) is 0 Å². The molecule has 0 aromatic rings. The zero-order valence-corrected chi connectivity index (χ0v) is 16.6. The Morgan fingerprint density at radius 2 is 1.10 bits per heavy atom. The van der Waals surface area contributed by atoms with E-state index in [1.54, 1.807) is 0 Å². The standard InChI is InChI=1S/C17H31NO12/c19-8-13(21)12(20)7-18-17(9-28-4-1-14(22)23,10-29-5-2-15(24)25)11-30-6-3-16(26)27/h12-13,18-21H,1-11H2,(H,22,23)(H,24,25)(H,26,27)/t12-,13+/m0/s1. The van der Waals surface area contributed by atoms with Crippen LogP contribution in [-0.4, -0.2) is 119 Å². The molecule has 0 aliphatic heterocycles. The number of carbonyl (C=O) groups is 3. The summed E-state index contributed by atoms with van der Waals surface area (Å²) in [5, 5.41) is 57.4. The Labute approximate surface area is 173 Å². The quantitative estimate of drug-likeness (QED) is 0.0975. The third-order valence-electron chi connectivity index (χ3n) is 3.83. The van der Waals surface area contributed by atoms with E-state index in [4.69, 9.17) is 34.6 Å². The van der Waals surface area contributed by atoms with Crippen molar-refractivity contribution in [1.82, 2.24) is 5.32 Å². The fraction of sp³-hybridized carbons (Fsp3) is 0.824. The number of aliphatic carboxylic acids is 3. The van der Waals surface area contributed by atoms with Crippen LogP contribution < -0.4 is 5.32 Å². The van der Waals surface area contributed by atoms with E-state index < -0.39 is 42.3 Å². The maximum atomic E-state index is 10.7. The predicted molar refractivity (Wildman–Crippen MR) is 99.0 cm³/mol. The zero-order valence-electron chi connectivity index (χ0n) is 16.6. The van der Waals surface area contributed by atoms with Crippen LogP contribution in [0.3, 0.4) is 0 Å². The van der Waals surface area contributed by atoms with Gasteiger partial charge in [0.2, 0.25) is 0 Å². The summed E-state index contributed by atoms with van der Waals surface area (Å²) in [6.07, 6.45) is -3.62. The lowest BCUT2D eigenvalue weighted by molar-refractivity contribution is -0.139. The molecule has 0 saturated carbocycles. The number of hydrogen-bond acceptors (Lipinski definition) is 10. The van der Waals surface area contributed by atoms with Crippen molar-refractivity contribution < 1.29 is 59.2 Å². The van der Waals surface area contributed by atoms with E-state index in [-0.39, 0.29) is 65.4 Å². The molecule has 0 unspecified atom stereocenters. The molecule has 0 aromatic heterocycles. The molecule has 0 spiro atoms. The fourth-order valence-corrected chi connectivity index (χ4v) is 2.14. The number of hydrogen-bond donors (Lipinski definition) is 7. The third kappa shape index (κ3) is 14.2. The number of aliphatic hydroxyl groups is 3. The molecule has 7 N–H and O–H groups in total. The second kappa shape index (κ2) is 15.9. The van der Waals surface area contributed by atoms with Gasteiger partial charge >= 0.3 is 17.9 Å². The average molecular weight is 441 g/mol. The SMILES string of the molecule is O=C(O)CCOCC(COCCC(=O)O)(COCCC(=O)O)NC[C@H](O)[C@H](O)CO. The van der Waals surface area contributed by atoms with Gasteiger partial charge in [-0.25, -0.2) is 0 Å². The number of aliphatic hydroxyl groups excluding tert-OH is 3. The molecular formula is C17H31NO12. The molecule has 0 radical (unpaired) electrons. The molecule has 0 bridgehead atoms. The number of rotatable bonds is 20. The summed E-state index contributed by atoms with van der Waals surface area (Å²) in [5.74, 6) is -3.23. The van der Waals surface area contributed by atoms with Crippen molar-refractivity contribution >= 4 is 17.9 Å². The van der Waals surface area contributed by atoms with Gasteiger partial charge in [-0.2, -0.15) is 0 Å². The molecule has 13 nitrogen and oxygen atoms in total. The van der Waals surface area contributed by atoms with Gasteiger partial charge in [-0.15, -0.1) is 0 Å². The largest absolute Gasteiger partial charge is 0.481 e. The topological polar surface area (TPSA) is 212 Å². The average Bonchev–Trinajstić information content (AvgIpc) is 2.68. The van der Waals surface area contributed by atoms with Gasteiger partial charge in [0, 0.05) is 6.54 Å². The summed E-state index contributed by atoms with van der Waals surface area (Å²) >= 11 is 0. The molecule has 0 aromatic carbocycles. The van der Waals surface area contributed by atoms with Crippen molar-refractivity contribution in [3.63, 3.8) is 0 Å². The number of carboxylic acids is 3. The summed E-state index contributed by atoms with van der Waals surface area (Å²) in [6, 6.07) is 0. The predicted octanol–water partition coefficient (Wildman–Crippen LogP) is -2.50. The minimum atomic E-state index is -1.43. The van der Waals surface area contributed by atoms with Gasteiger partial charge in [-0.3, -0.25) is 14.4 Å². The highest BCUT2D eigenvalue weighted by molar-refractivity contribution is 5.67. The van der Waals surface area contributed by atoms with E-state index in [0.29, 0.717) is 0 Å². The summed E-state index contributed by atoms with van der Waals surface area (Å²) in [6.45, 7) is -1.91. The summed E-state index contributed by atoms with van der Waals surface area (Å²) in [4.78, 5) is 32.0. The number of nitrogens with one attached hydrogen (secondary N) is 1. The molecule has 0 heterocycles. The Balaban J connectivity index is 5.13.